The second kappa shape index (κ2) is 49.8. The molecule has 20 N–H and O–H groups in total. The van der Waals surface area contributed by atoms with Gasteiger partial charge in [-0.1, -0.05) is 25.7 Å². The van der Waals surface area contributed by atoms with E-state index in [0.29, 0.717) is 51.4 Å². The number of carbonyl (C=O) groups is 16. The molecule has 0 bridgehead atoms. The van der Waals surface area contributed by atoms with Crippen LogP contribution in [-0.4, -0.2) is 355 Å². The molecular formula is C76H124GdN20O20S4. The Bertz CT molecular complexity index is 3150. The van der Waals surface area contributed by atoms with Crippen molar-refractivity contribution in [1.82, 2.24) is 105 Å². The zero-order valence-corrected chi connectivity index (χ0v) is 74.6. The number of fused-ring (bicyclic) bond motifs is 4. The van der Waals surface area contributed by atoms with Crippen LogP contribution in [0, 0.1) is 39.9 Å². The molecule has 9 saturated heterocycles. The van der Waals surface area contributed by atoms with Crippen LogP contribution in [0.15, 0.2) is 0 Å². The molecule has 0 radical (unpaired) electrons. The second-order valence-electron chi connectivity index (χ2n) is 32.9. The monoisotopic (exact) mass is 1920 g/mol. The zero-order valence-electron chi connectivity index (χ0n) is 69.1. The third-order valence-corrected chi connectivity index (χ3v) is 29.5. The van der Waals surface area contributed by atoms with Gasteiger partial charge in [-0.25, -0.2) is 19.2 Å². The van der Waals surface area contributed by atoms with Crippen LogP contribution in [0.1, 0.15) is 156 Å². The molecule has 0 spiro atoms. The summed E-state index contributed by atoms with van der Waals surface area (Å²) in [6, 6.07) is -9.71. The summed E-state index contributed by atoms with van der Waals surface area (Å²) in [7, 11) is 0. The first-order valence-corrected chi connectivity index (χ1v) is 46.4. The van der Waals surface area contributed by atoms with E-state index in [0.717, 1.165) is 48.7 Å². The van der Waals surface area contributed by atoms with Crippen LogP contribution < -0.4 is 85.1 Å². The molecule has 0 aliphatic carbocycles. The van der Waals surface area contributed by atoms with E-state index in [1.54, 1.807) is 74.7 Å². The topological polar surface area (TPSA) is 559 Å². The quantitative estimate of drug-likeness (QED) is 0.0231. The zero-order chi connectivity index (χ0) is 86.7. The first-order valence-electron chi connectivity index (χ1n) is 42.2. The first kappa shape index (κ1) is 99.7. The molecule has 9 aliphatic rings. The fraction of sp³-hybridized carbons (Fsp3) is 0.789. The second-order valence-corrected chi connectivity index (χ2v) is 38.0. The SMILES string of the molecule is CC(CC(=O)NCC(C(=O)O)N1CCN(C(CNC(=O)CC(C)NC(=O)CCCCC2SCC3NC(=O)NC32)C(=O)O)CCN(C(CNC(=O)CC(C)NC(=O)CCCCC2SCC3NC(=O)NC32)C(=O)O)CCN(C(CNC(=O)CC(C)NC(=O)CCCCC2SCC3NC(=O)NC32)C(=O)O)CC1)NC(=O)CCCCC1SCC2NC(=O)NC21.[Gd]. The number of urea groups is 4. The van der Waals surface area contributed by atoms with E-state index in [9.17, 15) is 97.1 Å². The van der Waals surface area contributed by atoms with Crippen LogP contribution in [-0.2, 0) is 57.5 Å². The van der Waals surface area contributed by atoms with Crippen molar-refractivity contribution in [3.63, 3.8) is 0 Å². The molecule has 121 heavy (non-hydrogen) atoms. The van der Waals surface area contributed by atoms with E-state index in [1.165, 1.54) is 19.6 Å². The molecule has 0 aromatic carbocycles. The molecule has 9 rings (SSSR count). The fourth-order valence-electron chi connectivity index (χ4n) is 17.1. The summed E-state index contributed by atoms with van der Waals surface area (Å²) in [5.41, 5.74) is 0. The molecule has 40 nitrogen and oxygen atoms in total. The van der Waals surface area contributed by atoms with Gasteiger partial charge in [0.2, 0.25) is 47.3 Å². The van der Waals surface area contributed by atoms with Gasteiger partial charge in [0.05, 0.1) is 48.3 Å². The number of amides is 16. The maximum Gasteiger partial charge on any atom is 0.322 e. The number of unbranched alkanes of at least 4 members (excludes halogenated alkanes) is 4. The molecule has 0 saturated carbocycles. The van der Waals surface area contributed by atoms with Crippen LogP contribution in [0.3, 0.4) is 0 Å². The van der Waals surface area contributed by atoms with Crippen molar-refractivity contribution in [3.05, 3.63) is 0 Å². The molecule has 16 amide bonds. The Kier molecular flexibility index (Phi) is 41.1. The summed E-state index contributed by atoms with van der Waals surface area (Å²) < 4.78 is 0. The molecule has 9 fully saturated rings. The van der Waals surface area contributed by atoms with E-state index in [-0.39, 0.29) is 261 Å². The van der Waals surface area contributed by atoms with Crippen molar-refractivity contribution in [2.75, 3.05) is 102 Å². The normalized spacial score (nSPS) is 26.6. The van der Waals surface area contributed by atoms with E-state index in [4.69, 9.17) is 0 Å². The van der Waals surface area contributed by atoms with Gasteiger partial charge in [-0.05, 0) is 79.1 Å². The average Bonchev–Trinajstić information content (AvgIpc) is 1.68. The molecule has 680 valence electrons. The number of rotatable bonds is 48. The van der Waals surface area contributed by atoms with Crippen molar-refractivity contribution in [2.45, 2.75) is 274 Å². The van der Waals surface area contributed by atoms with Crippen molar-refractivity contribution in [2.24, 2.45) is 0 Å². The van der Waals surface area contributed by atoms with Gasteiger partial charge in [-0.15, -0.1) is 0 Å². The summed E-state index contributed by atoms with van der Waals surface area (Å²) in [5, 5.41) is 90.8. The Morgan fingerprint density at radius 3 is 0.686 bits per heavy atom. The summed E-state index contributed by atoms with van der Waals surface area (Å²) in [4.78, 5) is 216. The molecule has 0 aromatic rings. The minimum absolute atomic E-state index is 0. The fourth-order valence-corrected chi connectivity index (χ4v) is 23.3. The van der Waals surface area contributed by atoms with Crippen molar-refractivity contribution < 1.29 is 137 Å². The number of thioether (sulfide) groups is 4. The van der Waals surface area contributed by atoms with Gasteiger partial charge >= 0.3 is 48.0 Å². The largest absolute Gasteiger partial charge is 0.480 e. The minimum Gasteiger partial charge on any atom is -0.480 e. The van der Waals surface area contributed by atoms with E-state index in [1.807, 2.05) is 0 Å². The maximum absolute atomic E-state index is 13.8. The van der Waals surface area contributed by atoms with Crippen LogP contribution in [0.5, 0.6) is 0 Å². The Morgan fingerprint density at radius 2 is 0.504 bits per heavy atom. The molecule has 20 unspecified atom stereocenters. The van der Waals surface area contributed by atoms with Gasteiger partial charge < -0.3 is 105 Å². The average molecular weight is 1920 g/mol. The molecule has 20 atom stereocenters. The van der Waals surface area contributed by atoms with Crippen LogP contribution in [0.2, 0.25) is 0 Å². The number of carbonyl (C=O) groups excluding carboxylic acids is 12. The van der Waals surface area contributed by atoms with E-state index >= 15 is 0 Å². The van der Waals surface area contributed by atoms with E-state index < -0.39 is 122 Å². The third kappa shape index (κ3) is 32.0. The summed E-state index contributed by atoms with van der Waals surface area (Å²) in [6.45, 7) is 1.64. The number of carboxylic acids is 4. The molecule has 9 heterocycles. The predicted molar refractivity (Wildman–Crippen MR) is 449 cm³/mol. The number of nitrogens with one attached hydrogen (secondary N) is 16. The molecule has 45 heteroatoms. The van der Waals surface area contributed by atoms with Crippen LogP contribution in [0.4, 0.5) is 19.2 Å². The van der Waals surface area contributed by atoms with Gasteiger partial charge in [-0.2, -0.15) is 47.0 Å². The van der Waals surface area contributed by atoms with Crippen molar-refractivity contribution in [1.29, 1.82) is 0 Å². The van der Waals surface area contributed by atoms with Gasteiger partial charge in [0.15, 0.2) is 0 Å². The molecular weight excluding hydrogens is 1800 g/mol. The van der Waals surface area contributed by atoms with Crippen LogP contribution >= 0.6 is 47.0 Å². The predicted octanol–water partition coefficient (Wildman–Crippen LogP) is -2.03. The van der Waals surface area contributed by atoms with Gasteiger partial charge in [-0.3, -0.25) is 77.1 Å². The summed E-state index contributed by atoms with van der Waals surface area (Å²) in [5.74, 6) is -6.46. The number of hydrogen-bond donors (Lipinski definition) is 20. The Labute approximate surface area is 753 Å². The first-order chi connectivity index (χ1) is 57.3. The smallest absolute Gasteiger partial charge is 0.322 e. The van der Waals surface area contributed by atoms with Gasteiger partial charge in [0, 0.05) is 238 Å². The number of nitrogens with zero attached hydrogens (tertiary/aromatic N) is 4. The Hall–Kier alpha value is -6.72. The Morgan fingerprint density at radius 1 is 0.314 bits per heavy atom. The summed E-state index contributed by atoms with van der Waals surface area (Å²) >= 11 is 7.05. The summed E-state index contributed by atoms with van der Waals surface area (Å²) in [6.07, 6.45) is 7.74. The van der Waals surface area contributed by atoms with Crippen LogP contribution in [0.25, 0.3) is 0 Å². The number of aliphatic carboxylic acids is 4. The molecule has 0 aromatic heterocycles. The molecule has 9 aliphatic heterocycles. The van der Waals surface area contributed by atoms with E-state index in [2.05, 4.69) is 85.1 Å². The number of hydrogen-bond acceptors (Lipinski definition) is 24. The Balaban J connectivity index is 0.0000182. The maximum atomic E-state index is 13.8. The van der Waals surface area contributed by atoms with Gasteiger partial charge in [0.25, 0.3) is 0 Å². The standard InChI is InChI=1S/C76H124N20O20S4.Gd/c1-41(81-57(97)17-9-5-13-53-65-45(37-117-53)85-73(113)89-65)29-61(101)77-33-49(69(105)106)93-21-23-94(50(70(107)108)34-78-62(102)30-42(2)82-58(98)18-10-6-14-54-66-46(38-118-54)86-74(114)90-66)25-27-96(52(72(111)112)36-80-64(104)32-44(4)84-60(100)20-12-8-16-56-68-48(40-120-56)88-76(116)92-68)28-26-95(24-22-93)51(71(109)110)35-79-63(103)31-43(3)83-59(99)19-11-7-15-55-67-47(39-119-55)87-75(115)91-67;/h41-56,65-68H,5-40H2,1-4H3,(H,77,101)(H,78,102)(H,79,103)(H,80,104)(H,81,97)(H,82,98)(H,83,99)(H,84,100)(H,105,106)(H,107,108)(H,109,110)(H,111,112)(H2,85,89,113)(H2,86,90,114)(H2,87,91,115)(H2,88,92,116);. The minimum atomic E-state index is -1.60. The van der Waals surface area contributed by atoms with Gasteiger partial charge in [0.1, 0.15) is 24.2 Å². The number of carboxylic acid groups (broad SMARTS) is 4. The van der Waals surface area contributed by atoms with Crippen molar-refractivity contribution in [3.8, 4) is 0 Å². The third-order valence-electron chi connectivity index (χ3n) is 23.5. The van der Waals surface area contributed by atoms with Crippen molar-refractivity contribution >= 4 is 142 Å².